The Hall–Kier alpha value is -1.10. The van der Waals surface area contributed by atoms with Gasteiger partial charge in [0.1, 0.15) is 5.92 Å². The Morgan fingerprint density at radius 3 is 2.25 bits per heavy atom. The highest BCUT2D eigenvalue weighted by atomic mass is 16.6. The minimum Gasteiger partial charge on any atom is -0.469 e. The molecule has 1 N–H and O–H groups in total. The SMILES string of the molecule is COC(=O)C(C)C(O)OC(C)=O. The van der Waals surface area contributed by atoms with Crippen LogP contribution in [-0.4, -0.2) is 30.4 Å². The van der Waals surface area contributed by atoms with Gasteiger partial charge in [-0.25, -0.2) is 0 Å². The second-order valence-electron chi connectivity index (χ2n) is 2.31. The quantitative estimate of drug-likeness (QED) is 0.471. The number of aliphatic hydroxyl groups is 1. The van der Waals surface area contributed by atoms with Crippen molar-refractivity contribution in [3.63, 3.8) is 0 Å². The molecule has 5 nitrogen and oxygen atoms in total. The van der Waals surface area contributed by atoms with E-state index in [-0.39, 0.29) is 0 Å². The fourth-order valence-electron chi connectivity index (χ4n) is 0.574. The number of rotatable bonds is 3. The maximum Gasteiger partial charge on any atom is 0.314 e. The van der Waals surface area contributed by atoms with E-state index in [0.717, 1.165) is 6.92 Å². The monoisotopic (exact) mass is 176 g/mol. The first kappa shape index (κ1) is 10.9. The lowest BCUT2D eigenvalue weighted by atomic mass is 10.2. The molecule has 0 aliphatic heterocycles. The van der Waals surface area contributed by atoms with Gasteiger partial charge in [-0.05, 0) is 6.92 Å². The molecule has 0 saturated heterocycles. The molecule has 5 heteroatoms. The Morgan fingerprint density at radius 1 is 1.42 bits per heavy atom. The second kappa shape index (κ2) is 4.71. The predicted octanol–water partition coefficient (Wildman–Crippen LogP) is -0.323. The first-order valence-electron chi connectivity index (χ1n) is 3.42. The van der Waals surface area contributed by atoms with Gasteiger partial charge in [-0.3, -0.25) is 9.59 Å². The Morgan fingerprint density at radius 2 is 1.92 bits per heavy atom. The molecule has 0 rings (SSSR count). The molecule has 0 radical (unpaired) electrons. The van der Waals surface area contributed by atoms with Crippen LogP contribution < -0.4 is 0 Å². The summed E-state index contributed by atoms with van der Waals surface area (Å²) < 4.78 is 8.68. The highest BCUT2D eigenvalue weighted by molar-refractivity contribution is 5.73. The van der Waals surface area contributed by atoms with Crippen molar-refractivity contribution < 1.29 is 24.2 Å². The van der Waals surface area contributed by atoms with E-state index >= 15 is 0 Å². The van der Waals surface area contributed by atoms with E-state index in [4.69, 9.17) is 5.11 Å². The highest BCUT2D eigenvalue weighted by Crippen LogP contribution is 2.06. The molecule has 2 atom stereocenters. The third kappa shape index (κ3) is 3.34. The molecule has 0 spiro atoms. The van der Waals surface area contributed by atoms with E-state index in [2.05, 4.69) is 9.47 Å². The summed E-state index contributed by atoms with van der Waals surface area (Å²) in [5.74, 6) is -2.12. The number of methoxy groups -OCH3 is 1. The average Bonchev–Trinajstić information content (AvgIpc) is 2.00. The fourth-order valence-corrected chi connectivity index (χ4v) is 0.574. The minimum atomic E-state index is -1.44. The number of ether oxygens (including phenoxy) is 2. The Bertz CT molecular complexity index is 177. The predicted molar refractivity (Wildman–Crippen MR) is 39.0 cm³/mol. The molecular formula is C7H12O5. The van der Waals surface area contributed by atoms with Crippen LogP contribution >= 0.6 is 0 Å². The first-order chi connectivity index (χ1) is 5.49. The highest BCUT2D eigenvalue weighted by Gasteiger charge is 2.24. The number of hydrogen-bond donors (Lipinski definition) is 1. The van der Waals surface area contributed by atoms with Crippen LogP contribution in [0.2, 0.25) is 0 Å². The van der Waals surface area contributed by atoms with Crippen molar-refractivity contribution in [1.29, 1.82) is 0 Å². The van der Waals surface area contributed by atoms with Gasteiger partial charge in [-0.1, -0.05) is 0 Å². The van der Waals surface area contributed by atoms with Crippen molar-refractivity contribution in [2.45, 2.75) is 20.1 Å². The summed E-state index contributed by atoms with van der Waals surface area (Å²) in [6.07, 6.45) is -1.44. The minimum absolute atomic E-state index is 0.622. The van der Waals surface area contributed by atoms with Crippen LogP contribution in [0.5, 0.6) is 0 Å². The van der Waals surface area contributed by atoms with Crippen molar-refractivity contribution in [3.05, 3.63) is 0 Å². The fraction of sp³-hybridized carbons (Fsp3) is 0.714. The van der Waals surface area contributed by atoms with E-state index in [1.54, 1.807) is 0 Å². The first-order valence-corrected chi connectivity index (χ1v) is 3.42. The molecule has 0 bridgehead atoms. The van der Waals surface area contributed by atoms with Crippen molar-refractivity contribution >= 4 is 11.9 Å². The van der Waals surface area contributed by atoms with Gasteiger partial charge in [0.2, 0.25) is 6.29 Å². The summed E-state index contributed by atoms with van der Waals surface area (Å²) in [6.45, 7) is 2.55. The van der Waals surface area contributed by atoms with Crippen molar-refractivity contribution in [3.8, 4) is 0 Å². The zero-order valence-corrected chi connectivity index (χ0v) is 7.23. The van der Waals surface area contributed by atoms with Crippen LogP contribution in [0.15, 0.2) is 0 Å². The third-order valence-electron chi connectivity index (χ3n) is 1.29. The lowest BCUT2D eigenvalue weighted by molar-refractivity contribution is -0.181. The normalized spacial score (nSPS) is 14.7. The lowest BCUT2D eigenvalue weighted by Crippen LogP contribution is -2.30. The molecule has 0 aliphatic carbocycles. The molecule has 0 fully saturated rings. The molecule has 12 heavy (non-hydrogen) atoms. The van der Waals surface area contributed by atoms with Crippen molar-refractivity contribution in [2.24, 2.45) is 5.92 Å². The molecule has 0 saturated carbocycles. The molecule has 0 aromatic carbocycles. The maximum absolute atomic E-state index is 10.8. The van der Waals surface area contributed by atoms with E-state index < -0.39 is 24.1 Å². The maximum atomic E-state index is 10.8. The van der Waals surface area contributed by atoms with Crippen LogP contribution in [0.4, 0.5) is 0 Å². The summed E-state index contributed by atoms with van der Waals surface area (Å²) in [6, 6.07) is 0. The molecule has 0 aromatic heterocycles. The number of carbonyl (C=O) groups is 2. The van der Waals surface area contributed by atoms with Gasteiger partial charge in [0.15, 0.2) is 0 Å². The number of aliphatic hydroxyl groups excluding tert-OH is 1. The molecule has 0 aromatic rings. The zero-order valence-electron chi connectivity index (χ0n) is 7.23. The van der Waals surface area contributed by atoms with Crippen LogP contribution in [0.1, 0.15) is 13.8 Å². The second-order valence-corrected chi connectivity index (χ2v) is 2.31. The molecule has 2 unspecified atom stereocenters. The largest absolute Gasteiger partial charge is 0.469 e. The standard InChI is InChI=1S/C7H12O5/c1-4(6(9)11-3)7(10)12-5(2)8/h4,7,10H,1-3H3. The van der Waals surface area contributed by atoms with Crippen molar-refractivity contribution in [2.75, 3.05) is 7.11 Å². The molecule has 0 heterocycles. The Balaban J connectivity index is 4.00. The van der Waals surface area contributed by atoms with E-state index in [0.29, 0.717) is 0 Å². The van der Waals surface area contributed by atoms with Crippen LogP contribution in [-0.2, 0) is 19.1 Å². The van der Waals surface area contributed by atoms with Gasteiger partial charge >= 0.3 is 11.9 Å². The number of carbonyl (C=O) groups excluding carboxylic acids is 2. The summed E-state index contributed by atoms with van der Waals surface area (Å²) in [7, 11) is 1.19. The van der Waals surface area contributed by atoms with Crippen LogP contribution in [0.25, 0.3) is 0 Å². The number of esters is 2. The molecule has 0 aliphatic rings. The lowest BCUT2D eigenvalue weighted by Gasteiger charge is -2.15. The van der Waals surface area contributed by atoms with Gasteiger partial charge in [-0.15, -0.1) is 0 Å². The van der Waals surface area contributed by atoms with E-state index in [1.165, 1.54) is 14.0 Å². The Kier molecular flexibility index (Phi) is 4.28. The van der Waals surface area contributed by atoms with E-state index in [1.807, 2.05) is 0 Å². The van der Waals surface area contributed by atoms with E-state index in [9.17, 15) is 9.59 Å². The van der Waals surface area contributed by atoms with Gasteiger partial charge in [0.05, 0.1) is 7.11 Å². The van der Waals surface area contributed by atoms with Crippen LogP contribution in [0, 0.1) is 5.92 Å². The van der Waals surface area contributed by atoms with Crippen molar-refractivity contribution in [1.82, 2.24) is 0 Å². The van der Waals surface area contributed by atoms with Crippen LogP contribution in [0.3, 0.4) is 0 Å². The number of hydrogen-bond acceptors (Lipinski definition) is 5. The summed E-state index contributed by atoms with van der Waals surface area (Å²) in [5.41, 5.74) is 0. The Labute approximate surface area is 70.3 Å². The van der Waals surface area contributed by atoms with Gasteiger partial charge in [0.25, 0.3) is 0 Å². The van der Waals surface area contributed by atoms with Gasteiger partial charge in [0, 0.05) is 6.92 Å². The summed E-state index contributed by atoms with van der Waals surface area (Å²) in [4.78, 5) is 21.1. The van der Waals surface area contributed by atoms with Gasteiger partial charge in [-0.2, -0.15) is 0 Å². The molecule has 70 valence electrons. The molecular weight excluding hydrogens is 164 g/mol. The van der Waals surface area contributed by atoms with Gasteiger partial charge < -0.3 is 14.6 Å². The molecule has 0 amide bonds. The summed E-state index contributed by atoms with van der Waals surface area (Å²) in [5, 5.41) is 9.05. The topological polar surface area (TPSA) is 72.8 Å². The zero-order chi connectivity index (χ0) is 9.72. The summed E-state index contributed by atoms with van der Waals surface area (Å²) >= 11 is 0. The smallest absolute Gasteiger partial charge is 0.314 e. The average molecular weight is 176 g/mol. The third-order valence-corrected chi connectivity index (χ3v) is 1.29.